The Hall–Kier alpha value is -2.16. The van der Waals surface area contributed by atoms with Crippen LogP contribution < -0.4 is 5.32 Å². The van der Waals surface area contributed by atoms with E-state index >= 15 is 0 Å². The molecule has 0 atom stereocenters. The highest BCUT2D eigenvalue weighted by Gasteiger charge is 2.28. The Morgan fingerprint density at radius 1 is 1.24 bits per heavy atom. The number of amides is 1. The second-order valence-electron chi connectivity index (χ2n) is 3.82. The summed E-state index contributed by atoms with van der Waals surface area (Å²) in [5, 5.41) is 2.52. The second kappa shape index (κ2) is 4.78. The number of allylic oxidation sites excluding steroid dienone is 3. The summed E-state index contributed by atoms with van der Waals surface area (Å²) in [7, 11) is 0. The number of rotatable bonds is 5. The summed E-state index contributed by atoms with van der Waals surface area (Å²) in [6, 6.07) is 7.41. The highest BCUT2D eigenvalue weighted by atomic mass is 16.1. The van der Waals surface area contributed by atoms with Gasteiger partial charge in [0.1, 0.15) is 0 Å². The first-order valence-electron chi connectivity index (χ1n) is 5.48. The van der Waals surface area contributed by atoms with E-state index in [2.05, 4.69) is 11.9 Å². The average molecular weight is 227 g/mol. The van der Waals surface area contributed by atoms with Crippen LogP contribution in [0.25, 0.3) is 5.57 Å². The van der Waals surface area contributed by atoms with Crippen LogP contribution in [-0.4, -0.2) is 12.2 Å². The number of Topliss-reactive ketones (excluding diaryl/α,β-unsaturated/α-hetero) is 1. The van der Waals surface area contributed by atoms with E-state index < -0.39 is 0 Å². The van der Waals surface area contributed by atoms with Crippen LogP contribution in [0.2, 0.25) is 0 Å². The largest absolute Gasteiger partial charge is 0.325 e. The van der Waals surface area contributed by atoms with E-state index in [4.69, 9.17) is 0 Å². The van der Waals surface area contributed by atoms with Crippen molar-refractivity contribution in [2.24, 2.45) is 0 Å². The first-order chi connectivity index (χ1) is 8.29. The molecule has 17 heavy (non-hydrogen) atoms. The van der Waals surface area contributed by atoms with Gasteiger partial charge < -0.3 is 5.32 Å². The number of carbonyl (C=O) groups is 2. The minimum absolute atomic E-state index is 0.105. The number of ketones is 1. The minimum Gasteiger partial charge on any atom is -0.325 e. The lowest BCUT2D eigenvalue weighted by molar-refractivity contribution is -0.108. The molecule has 1 N–H and O–H groups in total. The highest BCUT2D eigenvalue weighted by molar-refractivity contribution is 6.21. The third-order valence-electron chi connectivity index (χ3n) is 2.83. The van der Waals surface area contributed by atoms with Gasteiger partial charge in [-0.2, -0.15) is 0 Å². The third kappa shape index (κ3) is 1.91. The zero-order valence-corrected chi connectivity index (χ0v) is 9.40. The summed E-state index contributed by atoms with van der Waals surface area (Å²) in [6.07, 6.45) is 3.84. The first-order valence-corrected chi connectivity index (χ1v) is 5.48. The lowest BCUT2D eigenvalue weighted by atomic mass is 10.0. The van der Waals surface area contributed by atoms with Crippen LogP contribution in [0, 0.1) is 0 Å². The standard InChI is InChI=1S/C14H13NO2/c1-2-3-6-11-10-7-4-5-8-12(10)14(17)13(11)15-9-16/h2,4-5,7-9H,1,3,6H2,(H,15,16,17). The molecule has 0 aliphatic heterocycles. The summed E-state index contributed by atoms with van der Waals surface area (Å²) in [5.74, 6) is -0.105. The number of hydrogen-bond donors (Lipinski definition) is 1. The van der Waals surface area contributed by atoms with Gasteiger partial charge in [0.05, 0.1) is 5.70 Å². The zero-order chi connectivity index (χ0) is 12.3. The van der Waals surface area contributed by atoms with Crippen molar-refractivity contribution in [3.63, 3.8) is 0 Å². The Morgan fingerprint density at radius 2 is 1.94 bits per heavy atom. The average Bonchev–Trinajstić information content (AvgIpc) is 2.62. The van der Waals surface area contributed by atoms with Gasteiger partial charge in [-0.25, -0.2) is 0 Å². The van der Waals surface area contributed by atoms with Crippen molar-refractivity contribution < 1.29 is 9.59 Å². The van der Waals surface area contributed by atoms with E-state index in [1.54, 1.807) is 12.1 Å². The zero-order valence-electron chi connectivity index (χ0n) is 9.40. The van der Waals surface area contributed by atoms with Gasteiger partial charge in [0.25, 0.3) is 0 Å². The molecule has 3 nitrogen and oxygen atoms in total. The Labute approximate surface area is 99.8 Å². The molecule has 0 saturated carbocycles. The van der Waals surface area contributed by atoms with Gasteiger partial charge >= 0.3 is 0 Å². The Balaban J connectivity index is 2.47. The molecule has 1 aliphatic rings. The Kier molecular flexibility index (Phi) is 3.19. The Bertz CT molecular complexity index is 515. The van der Waals surface area contributed by atoms with Gasteiger partial charge in [-0.1, -0.05) is 30.3 Å². The predicted octanol–water partition coefficient (Wildman–Crippen LogP) is 2.31. The molecule has 0 bridgehead atoms. The van der Waals surface area contributed by atoms with Crippen LogP contribution in [0.4, 0.5) is 0 Å². The van der Waals surface area contributed by atoms with Crippen LogP contribution in [-0.2, 0) is 4.79 Å². The Morgan fingerprint density at radius 3 is 2.59 bits per heavy atom. The van der Waals surface area contributed by atoms with Crippen molar-refractivity contribution in [1.29, 1.82) is 0 Å². The van der Waals surface area contributed by atoms with E-state index in [-0.39, 0.29) is 5.78 Å². The van der Waals surface area contributed by atoms with Crippen LogP contribution in [0.15, 0.2) is 42.6 Å². The van der Waals surface area contributed by atoms with Gasteiger partial charge in [-0.3, -0.25) is 9.59 Å². The van der Waals surface area contributed by atoms with Crippen LogP contribution >= 0.6 is 0 Å². The summed E-state index contributed by atoms with van der Waals surface area (Å²) in [5.41, 5.74) is 2.89. The molecule has 0 aromatic heterocycles. The van der Waals surface area contributed by atoms with Gasteiger partial charge in [-0.15, -0.1) is 6.58 Å². The van der Waals surface area contributed by atoms with Gasteiger partial charge in [0.15, 0.2) is 0 Å². The lowest BCUT2D eigenvalue weighted by Gasteiger charge is -2.04. The van der Waals surface area contributed by atoms with Gasteiger partial charge in [-0.05, 0) is 24.0 Å². The first kappa shape index (κ1) is 11.3. The monoisotopic (exact) mass is 227 g/mol. The van der Waals surface area contributed by atoms with Crippen molar-refractivity contribution in [2.75, 3.05) is 0 Å². The molecule has 0 saturated heterocycles. The summed E-state index contributed by atoms with van der Waals surface area (Å²) in [4.78, 5) is 22.6. The van der Waals surface area contributed by atoms with E-state index in [9.17, 15) is 9.59 Å². The van der Waals surface area contributed by atoms with Crippen molar-refractivity contribution in [3.05, 3.63) is 53.7 Å². The topological polar surface area (TPSA) is 46.2 Å². The molecule has 1 aromatic carbocycles. The number of nitrogens with one attached hydrogen (secondary N) is 1. The molecular weight excluding hydrogens is 214 g/mol. The minimum atomic E-state index is -0.105. The fraction of sp³-hybridized carbons (Fsp3) is 0.143. The maximum Gasteiger partial charge on any atom is 0.211 e. The molecule has 0 fully saturated rings. The fourth-order valence-electron chi connectivity index (χ4n) is 2.07. The summed E-state index contributed by atoms with van der Waals surface area (Å²) >= 11 is 0. The van der Waals surface area contributed by atoms with Crippen molar-refractivity contribution in [3.8, 4) is 0 Å². The molecule has 2 rings (SSSR count). The molecule has 1 amide bonds. The normalized spacial score (nSPS) is 13.5. The maximum absolute atomic E-state index is 12.1. The lowest BCUT2D eigenvalue weighted by Crippen LogP contribution is -2.16. The highest BCUT2D eigenvalue weighted by Crippen LogP contribution is 2.34. The predicted molar refractivity (Wildman–Crippen MR) is 66.3 cm³/mol. The summed E-state index contributed by atoms with van der Waals surface area (Å²) in [6.45, 7) is 3.67. The second-order valence-corrected chi connectivity index (χ2v) is 3.82. The number of hydrogen-bond acceptors (Lipinski definition) is 2. The van der Waals surface area contributed by atoms with Crippen LogP contribution in [0.5, 0.6) is 0 Å². The molecular formula is C14H13NO2. The van der Waals surface area contributed by atoms with E-state index in [1.807, 2.05) is 18.2 Å². The smallest absolute Gasteiger partial charge is 0.211 e. The summed E-state index contributed by atoms with van der Waals surface area (Å²) < 4.78 is 0. The van der Waals surface area contributed by atoms with Crippen molar-refractivity contribution in [2.45, 2.75) is 12.8 Å². The molecule has 0 radical (unpaired) electrons. The molecule has 1 aliphatic carbocycles. The molecule has 1 aromatic rings. The molecule has 86 valence electrons. The van der Waals surface area contributed by atoms with Crippen LogP contribution in [0.3, 0.4) is 0 Å². The van der Waals surface area contributed by atoms with Crippen LogP contribution in [0.1, 0.15) is 28.8 Å². The number of carbonyl (C=O) groups excluding carboxylic acids is 2. The third-order valence-corrected chi connectivity index (χ3v) is 2.83. The molecule has 0 spiro atoms. The maximum atomic E-state index is 12.1. The van der Waals surface area contributed by atoms with Crippen molar-refractivity contribution >= 4 is 17.8 Å². The van der Waals surface area contributed by atoms with Crippen molar-refractivity contribution in [1.82, 2.24) is 5.32 Å². The fourth-order valence-corrected chi connectivity index (χ4v) is 2.07. The van der Waals surface area contributed by atoms with E-state index in [1.165, 1.54) is 0 Å². The molecule has 3 heteroatoms. The van der Waals surface area contributed by atoms with Gasteiger partial charge in [0, 0.05) is 5.56 Å². The molecule has 0 heterocycles. The molecule has 0 unspecified atom stereocenters. The van der Waals surface area contributed by atoms with E-state index in [0.717, 1.165) is 17.6 Å². The van der Waals surface area contributed by atoms with Gasteiger partial charge in [0.2, 0.25) is 12.2 Å². The quantitative estimate of drug-likeness (QED) is 0.619. The number of fused-ring (bicyclic) bond motifs is 1. The number of benzene rings is 1. The van der Waals surface area contributed by atoms with E-state index in [0.29, 0.717) is 24.1 Å². The SMILES string of the molecule is C=CCCC1=C(NC=O)C(=O)c2ccccc21.